The molecule has 0 aromatic carbocycles. The lowest BCUT2D eigenvalue weighted by molar-refractivity contribution is -0.148. The second-order valence-corrected chi connectivity index (χ2v) is 7.10. The van der Waals surface area contributed by atoms with E-state index in [-0.39, 0.29) is 5.97 Å². The molecule has 0 aromatic heterocycles. The first-order valence-electron chi connectivity index (χ1n) is 8.63. The van der Waals surface area contributed by atoms with Gasteiger partial charge in [0.2, 0.25) is 0 Å². The first-order chi connectivity index (χ1) is 10.1. The molecule has 0 spiro atoms. The molecule has 2 aliphatic carbocycles. The lowest BCUT2D eigenvalue weighted by Gasteiger charge is -2.29. The SMILES string of the molecule is CCNC(C)(CCCN(CC1CC1)CC1CC1)C(=O)OC. The van der Waals surface area contributed by atoms with Gasteiger partial charge in [-0.3, -0.25) is 4.79 Å². The molecule has 0 radical (unpaired) electrons. The van der Waals surface area contributed by atoms with E-state index in [1.807, 2.05) is 13.8 Å². The van der Waals surface area contributed by atoms with Crippen molar-refractivity contribution in [2.24, 2.45) is 11.8 Å². The summed E-state index contributed by atoms with van der Waals surface area (Å²) in [4.78, 5) is 14.6. The number of nitrogens with zero attached hydrogens (tertiary/aromatic N) is 1. The minimum absolute atomic E-state index is 0.139. The van der Waals surface area contributed by atoms with Gasteiger partial charge in [-0.1, -0.05) is 6.92 Å². The highest BCUT2D eigenvalue weighted by molar-refractivity contribution is 5.80. The average molecular weight is 296 g/mol. The van der Waals surface area contributed by atoms with Crippen LogP contribution in [0.4, 0.5) is 0 Å². The van der Waals surface area contributed by atoms with Gasteiger partial charge in [0, 0.05) is 13.1 Å². The third-order valence-corrected chi connectivity index (χ3v) is 4.78. The van der Waals surface area contributed by atoms with Crippen LogP contribution in [-0.4, -0.2) is 49.7 Å². The van der Waals surface area contributed by atoms with Crippen molar-refractivity contribution in [3.8, 4) is 0 Å². The minimum Gasteiger partial charge on any atom is -0.468 e. The van der Waals surface area contributed by atoms with Gasteiger partial charge >= 0.3 is 5.97 Å². The van der Waals surface area contributed by atoms with Gasteiger partial charge < -0.3 is 15.0 Å². The maximum absolute atomic E-state index is 12.0. The maximum Gasteiger partial charge on any atom is 0.325 e. The van der Waals surface area contributed by atoms with Gasteiger partial charge in [-0.25, -0.2) is 0 Å². The van der Waals surface area contributed by atoms with Crippen LogP contribution >= 0.6 is 0 Å². The number of carbonyl (C=O) groups is 1. The monoisotopic (exact) mass is 296 g/mol. The molecule has 0 heterocycles. The molecule has 2 rings (SSSR count). The van der Waals surface area contributed by atoms with Gasteiger partial charge in [0.25, 0.3) is 0 Å². The zero-order chi connectivity index (χ0) is 15.3. The molecule has 1 atom stereocenters. The number of esters is 1. The summed E-state index contributed by atoms with van der Waals surface area (Å²) in [7, 11) is 1.48. The number of methoxy groups -OCH3 is 1. The summed E-state index contributed by atoms with van der Waals surface area (Å²) in [6.07, 6.45) is 7.56. The van der Waals surface area contributed by atoms with E-state index in [2.05, 4.69) is 10.2 Å². The Bertz CT molecular complexity index is 326. The second-order valence-electron chi connectivity index (χ2n) is 7.10. The van der Waals surface area contributed by atoms with Crippen LogP contribution in [0.15, 0.2) is 0 Å². The van der Waals surface area contributed by atoms with Crippen LogP contribution in [0.2, 0.25) is 0 Å². The first kappa shape index (κ1) is 16.8. The Kier molecular flexibility index (Phi) is 6.06. The molecule has 2 aliphatic rings. The molecule has 1 N–H and O–H groups in total. The number of hydrogen-bond donors (Lipinski definition) is 1. The molecule has 0 saturated heterocycles. The van der Waals surface area contributed by atoms with E-state index in [1.165, 1.54) is 45.9 Å². The molecule has 21 heavy (non-hydrogen) atoms. The van der Waals surface area contributed by atoms with Crippen LogP contribution in [0.5, 0.6) is 0 Å². The number of carbonyl (C=O) groups excluding carboxylic acids is 1. The highest BCUT2D eigenvalue weighted by Gasteiger charge is 2.34. The smallest absolute Gasteiger partial charge is 0.325 e. The predicted octanol–water partition coefficient (Wildman–Crippen LogP) is 2.43. The zero-order valence-corrected chi connectivity index (χ0v) is 14.0. The summed E-state index contributed by atoms with van der Waals surface area (Å²) in [6, 6.07) is 0. The minimum atomic E-state index is -0.533. The van der Waals surface area contributed by atoms with Crippen molar-refractivity contribution in [1.29, 1.82) is 0 Å². The van der Waals surface area contributed by atoms with E-state index in [9.17, 15) is 4.79 Å². The van der Waals surface area contributed by atoms with Crippen molar-refractivity contribution in [3.63, 3.8) is 0 Å². The fraction of sp³-hybridized carbons (Fsp3) is 0.941. The zero-order valence-electron chi connectivity index (χ0n) is 14.0. The maximum atomic E-state index is 12.0. The van der Waals surface area contributed by atoms with Gasteiger partial charge in [-0.2, -0.15) is 0 Å². The standard InChI is InChI=1S/C17H32N2O2/c1-4-18-17(2,16(20)21-3)10-5-11-19(12-14-6-7-14)13-15-8-9-15/h14-15,18H,4-13H2,1-3H3. The van der Waals surface area contributed by atoms with Gasteiger partial charge in [-0.15, -0.1) is 0 Å². The van der Waals surface area contributed by atoms with Crippen LogP contribution in [-0.2, 0) is 9.53 Å². The number of ether oxygens (including phenoxy) is 1. The van der Waals surface area contributed by atoms with Crippen LogP contribution in [0.1, 0.15) is 52.4 Å². The lowest BCUT2D eigenvalue weighted by Crippen LogP contribution is -2.50. The molecular weight excluding hydrogens is 264 g/mol. The summed E-state index contributed by atoms with van der Waals surface area (Å²) in [6.45, 7) is 8.45. The fourth-order valence-electron chi connectivity index (χ4n) is 3.12. The summed E-state index contributed by atoms with van der Waals surface area (Å²) in [5.74, 6) is 1.76. The number of nitrogens with one attached hydrogen (secondary N) is 1. The van der Waals surface area contributed by atoms with Crippen molar-refractivity contribution in [3.05, 3.63) is 0 Å². The highest BCUT2D eigenvalue weighted by atomic mass is 16.5. The van der Waals surface area contributed by atoms with Crippen LogP contribution < -0.4 is 5.32 Å². The summed E-state index contributed by atoms with van der Waals surface area (Å²) in [5, 5.41) is 3.30. The van der Waals surface area contributed by atoms with Gasteiger partial charge in [-0.05, 0) is 70.4 Å². The van der Waals surface area contributed by atoms with Crippen molar-refractivity contribution in [1.82, 2.24) is 10.2 Å². The molecule has 122 valence electrons. The Balaban J connectivity index is 1.76. The topological polar surface area (TPSA) is 41.6 Å². The Morgan fingerprint density at radius 1 is 1.24 bits per heavy atom. The number of rotatable bonds is 11. The summed E-state index contributed by atoms with van der Waals surface area (Å²) < 4.78 is 4.96. The molecule has 0 bridgehead atoms. The van der Waals surface area contributed by atoms with Crippen molar-refractivity contribution >= 4 is 5.97 Å². The van der Waals surface area contributed by atoms with Gasteiger partial charge in [0.15, 0.2) is 0 Å². The molecule has 2 saturated carbocycles. The highest BCUT2D eigenvalue weighted by Crippen LogP contribution is 2.33. The van der Waals surface area contributed by atoms with E-state index in [0.29, 0.717) is 0 Å². The van der Waals surface area contributed by atoms with E-state index >= 15 is 0 Å². The van der Waals surface area contributed by atoms with Crippen molar-refractivity contribution < 1.29 is 9.53 Å². The lowest BCUT2D eigenvalue weighted by atomic mass is 9.95. The number of hydrogen-bond acceptors (Lipinski definition) is 4. The fourth-order valence-corrected chi connectivity index (χ4v) is 3.12. The van der Waals surface area contributed by atoms with E-state index in [1.54, 1.807) is 0 Å². The molecule has 0 aliphatic heterocycles. The molecule has 1 unspecified atom stereocenters. The first-order valence-corrected chi connectivity index (χ1v) is 8.63. The molecule has 0 amide bonds. The Hall–Kier alpha value is -0.610. The van der Waals surface area contributed by atoms with Crippen LogP contribution in [0.25, 0.3) is 0 Å². The molecular formula is C17H32N2O2. The molecule has 2 fully saturated rings. The molecule has 4 heteroatoms. The van der Waals surface area contributed by atoms with E-state index in [4.69, 9.17) is 4.74 Å². The third kappa shape index (κ3) is 5.59. The normalized spacial score (nSPS) is 21.3. The third-order valence-electron chi connectivity index (χ3n) is 4.78. The van der Waals surface area contributed by atoms with E-state index in [0.717, 1.165) is 37.8 Å². The van der Waals surface area contributed by atoms with Gasteiger partial charge in [0.1, 0.15) is 5.54 Å². The molecule has 4 nitrogen and oxygen atoms in total. The summed E-state index contributed by atoms with van der Waals surface area (Å²) in [5.41, 5.74) is -0.533. The van der Waals surface area contributed by atoms with E-state index < -0.39 is 5.54 Å². The van der Waals surface area contributed by atoms with Crippen LogP contribution in [0, 0.1) is 11.8 Å². The summed E-state index contributed by atoms with van der Waals surface area (Å²) >= 11 is 0. The Morgan fingerprint density at radius 2 is 1.81 bits per heavy atom. The Morgan fingerprint density at radius 3 is 2.24 bits per heavy atom. The predicted molar refractivity (Wildman–Crippen MR) is 85.2 cm³/mol. The largest absolute Gasteiger partial charge is 0.468 e. The average Bonchev–Trinajstić information content (AvgIpc) is 3.34. The van der Waals surface area contributed by atoms with Crippen molar-refractivity contribution in [2.75, 3.05) is 33.3 Å². The second kappa shape index (κ2) is 7.59. The number of likely N-dealkylation sites (N-methyl/N-ethyl adjacent to an activating group) is 1. The van der Waals surface area contributed by atoms with Gasteiger partial charge in [0.05, 0.1) is 7.11 Å². The quantitative estimate of drug-likeness (QED) is 0.595. The van der Waals surface area contributed by atoms with Crippen molar-refractivity contribution in [2.45, 2.75) is 57.9 Å². The molecule has 0 aromatic rings. The Labute approximate surface area is 129 Å². The van der Waals surface area contributed by atoms with Crippen LogP contribution in [0.3, 0.4) is 0 Å².